The van der Waals surface area contributed by atoms with Gasteiger partial charge in [0.05, 0.1) is 12.9 Å². The zero-order valence-corrected chi connectivity index (χ0v) is 5.33. The fourth-order valence-corrected chi connectivity index (χ4v) is 0.118. The number of hydrogen-bond acceptors (Lipinski definition) is 2. The van der Waals surface area contributed by atoms with Gasteiger partial charge < -0.3 is 15.6 Å². The summed E-state index contributed by atoms with van der Waals surface area (Å²) in [6.07, 6.45) is 0.0972. The maximum absolute atomic E-state index is 8.78. The van der Waals surface area contributed by atoms with Crippen LogP contribution < -0.4 is 5.73 Å². The molecule has 0 spiro atoms. The van der Waals surface area contributed by atoms with E-state index in [1.165, 1.54) is 6.26 Å². The molecule has 4 nitrogen and oxygen atoms in total. The van der Waals surface area contributed by atoms with Crippen LogP contribution in [0, 0.1) is 0 Å². The maximum atomic E-state index is 8.78. The first kappa shape index (κ1) is 10.7. The van der Waals surface area contributed by atoms with Crippen LogP contribution in [0.5, 0.6) is 0 Å². The van der Waals surface area contributed by atoms with Crippen molar-refractivity contribution in [3.8, 4) is 0 Å². The first-order valence-corrected chi connectivity index (χ1v) is 2.36. The average molecular weight is 133 g/mol. The second-order valence-electron chi connectivity index (χ2n) is 0.960. The van der Waals surface area contributed by atoms with Crippen LogP contribution in [0.25, 0.3) is 0 Å². The van der Waals surface area contributed by atoms with Gasteiger partial charge in [0.2, 0.25) is 0 Å². The number of rotatable bonds is 2. The molecule has 0 unspecified atom stereocenters. The Bertz CT molecular complexity index is 78.3. The smallest absolute Gasteiger partial charge is 0.402 e. The van der Waals surface area contributed by atoms with Gasteiger partial charge in [-0.3, -0.25) is 0 Å². The van der Waals surface area contributed by atoms with Crippen LogP contribution in [-0.4, -0.2) is 17.8 Å². The van der Waals surface area contributed by atoms with E-state index in [1.807, 2.05) is 6.92 Å². The summed E-state index contributed by atoms with van der Waals surface area (Å²) in [6.45, 7) is 5.97. The topological polar surface area (TPSA) is 72.5 Å². The van der Waals surface area contributed by atoms with Crippen molar-refractivity contribution in [2.24, 2.45) is 5.73 Å². The largest absolute Gasteiger partial charge is 0.502 e. The summed E-state index contributed by atoms with van der Waals surface area (Å²) in [5.74, 6) is 0. The highest BCUT2D eigenvalue weighted by Crippen LogP contribution is 1.65. The minimum atomic E-state index is -1.33. The van der Waals surface area contributed by atoms with Crippen molar-refractivity contribution < 1.29 is 14.6 Å². The molecule has 0 bridgehead atoms. The number of primary amides is 1. The van der Waals surface area contributed by atoms with Gasteiger partial charge in [-0.2, -0.15) is 0 Å². The van der Waals surface area contributed by atoms with Crippen molar-refractivity contribution in [3.05, 3.63) is 12.8 Å². The molecule has 0 aromatic rings. The van der Waals surface area contributed by atoms with Gasteiger partial charge in [0.25, 0.3) is 0 Å². The van der Waals surface area contributed by atoms with Crippen LogP contribution in [0.15, 0.2) is 12.8 Å². The lowest BCUT2D eigenvalue weighted by atomic mass is 10.9. The quantitative estimate of drug-likeness (QED) is 0.547. The molecule has 3 N–H and O–H groups in total. The highest BCUT2D eigenvalue weighted by molar-refractivity contribution is 5.61. The lowest BCUT2D eigenvalue weighted by Gasteiger charge is -1.84. The van der Waals surface area contributed by atoms with Crippen molar-refractivity contribution in [2.45, 2.75) is 6.92 Å². The Kier molecular flexibility index (Phi) is 11.8. The van der Waals surface area contributed by atoms with E-state index in [4.69, 9.17) is 9.90 Å². The molecule has 0 fully saturated rings. The minimum absolute atomic E-state index is 0.726. The van der Waals surface area contributed by atoms with Gasteiger partial charge in [0.1, 0.15) is 0 Å². The summed E-state index contributed by atoms with van der Waals surface area (Å²) in [5, 5.41) is 7.19. The Morgan fingerprint density at radius 1 is 2.00 bits per heavy atom. The van der Waals surface area contributed by atoms with Gasteiger partial charge in [-0.1, -0.05) is 6.58 Å². The normalized spacial score (nSPS) is 6.33. The van der Waals surface area contributed by atoms with Crippen molar-refractivity contribution in [1.29, 1.82) is 0 Å². The summed E-state index contributed by atoms with van der Waals surface area (Å²) in [7, 11) is 0. The van der Waals surface area contributed by atoms with Crippen LogP contribution in [0.4, 0.5) is 4.79 Å². The van der Waals surface area contributed by atoms with Crippen LogP contribution in [0.3, 0.4) is 0 Å². The van der Waals surface area contributed by atoms with Gasteiger partial charge in [0.15, 0.2) is 0 Å². The van der Waals surface area contributed by atoms with E-state index in [2.05, 4.69) is 17.0 Å². The monoisotopic (exact) mass is 133 g/mol. The molecule has 0 rings (SSSR count). The van der Waals surface area contributed by atoms with Gasteiger partial charge in [-0.15, -0.1) is 0 Å². The molecule has 0 aliphatic heterocycles. The fraction of sp³-hybridized carbons (Fsp3) is 0.400. The van der Waals surface area contributed by atoms with Crippen molar-refractivity contribution >= 4 is 6.09 Å². The molecule has 9 heavy (non-hydrogen) atoms. The molecule has 0 aliphatic carbocycles. The summed E-state index contributed by atoms with van der Waals surface area (Å²) in [5.41, 5.74) is 4.03. The van der Waals surface area contributed by atoms with Crippen molar-refractivity contribution in [1.82, 2.24) is 0 Å². The van der Waals surface area contributed by atoms with E-state index in [1.54, 1.807) is 0 Å². The van der Waals surface area contributed by atoms with Crippen LogP contribution >= 0.6 is 0 Å². The summed E-state index contributed by atoms with van der Waals surface area (Å²) < 4.78 is 4.60. The zero-order valence-electron chi connectivity index (χ0n) is 5.33. The molecule has 0 aromatic carbocycles. The predicted octanol–water partition coefficient (Wildman–Crippen LogP) is 0.790. The zero-order chi connectivity index (χ0) is 7.70. The third-order valence-electron chi connectivity index (χ3n) is 0.285. The molecule has 0 saturated carbocycles. The third kappa shape index (κ3) is 240. The molecule has 0 heterocycles. The number of hydrogen-bond donors (Lipinski definition) is 2. The van der Waals surface area contributed by atoms with Gasteiger partial charge >= 0.3 is 6.09 Å². The highest BCUT2D eigenvalue weighted by Gasteiger charge is 1.65. The van der Waals surface area contributed by atoms with E-state index in [9.17, 15) is 0 Å². The van der Waals surface area contributed by atoms with Crippen molar-refractivity contribution in [3.63, 3.8) is 0 Å². The van der Waals surface area contributed by atoms with E-state index in [0.29, 0.717) is 0 Å². The van der Waals surface area contributed by atoms with Gasteiger partial charge in [0, 0.05) is 0 Å². The Labute approximate surface area is 53.9 Å². The predicted molar refractivity (Wildman–Crippen MR) is 34.0 cm³/mol. The SMILES string of the molecule is C=COCC.NC(=O)O. The Morgan fingerprint density at radius 2 is 2.33 bits per heavy atom. The molecule has 1 amide bonds. The van der Waals surface area contributed by atoms with Crippen molar-refractivity contribution in [2.75, 3.05) is 6.61 Å². The molecule has 0 saturated heterocycles. The first-order chi connectivity index (χ1) is 4.15. The van der Waals surface area contributed by atoms with E-state index < -0.39 is 6.09 Å². The number of amides is 1. The lowest BCUT2D eigenvalue weighted by Crippen LogP contribution is -2.03. The second kappa shape index (κ2) is 9.94. The summed E-state index contributed by atoms with van der Waals surface area (Å²) >= 11 is 0. The minimum Gasteiger partial charge on any atom is -0.502 e. The molecule has 0 radical (unpaired) electrons. The van der Waals surface area contributed by atoms with Gasteiger partial charge in [-0.25, -0.2) is 4.79 Å². The Balaban J connectivity index is 0. The van der Waals surface area contributed by atoms with E-state index >= 15 is 0 Å². The van der Waals surface area contributed by atoms with Crippen LogP contribution in [0.1, 0.15) is 6.92 Å². The highest BCUT2D eigenvalue weighted by atomic mass is 16.5. The summed E-state index contributed by atoms with van der Waals surface area (Å²) in [4.78, 5) is 8.78. The Hall–Kier alpha value is -1.19. The van der Waals surface area contributed by atoms with Crippen LogP contribution in [0.2, 0.25) is 0 Å². The maximum Gasteiger partial charge on any atom is 0.402 e. The van der Waals surface area contributed by atoms with E-state index in [0.717, 1.165) is 6.61 Å². The number of nitrogens with two attached hydrogens (primary N) is 1. The molecule has 0 aliphatic rings. The standard InChI is InChI=1S/C4H8O.CH3NO2/c1-3-5-4-2;2-1(3)4/h3H,1,4H2,2H3;2H2,(H,3,4). The molecule has 54 valence electrons. The summed E-state index contributed by atoms with van der Waals surface area (Å²) in [6, 6.07) is 0. The molecule has 0 atom stereocenters. The van der Waals surface area contributed by atoms with Gasteiger partial charge in [-0.05, 0) is 6.92 Å². The average Bonchev–Trinajstić information content (AvgIpc) is 1.66. The second-order valence-corrected chi connectivity index (χ2v) is 0.960. The fourth-order valence-electron chi connectivity index (χ4n) is 0.118. The molecular formula is C5H11NO3. The molecular weight excluding hydrogens is 122 g/mol. The first-order valence-electron chi connectivity index (χ1n) is 2.36. The number of ether oxygens (including phenoxy) is 1. The molecule has 4 heteroatoms. The number of carboxylic acid groups (broad SMARTS) is 1. The third-order valence-corrected chi connectivity index (χ3v) is 0.285. The Morgan fingerprint density at radius 3 is 2.33 bits per heavy atom. The van der Waals surface area contributed by atoms with Crippen LogP contribution in [-0.2, 0) is 4.74 Å². The lowest BCUT2D eigenvalue weighted by molar-refractivity contribution is 0.205. The van der Waals surface area contributed by atoms with E-state index in [-0.39, 0.29) is 0 Å². The molecule has 0 aromatic heterocycles. The number of carbonyl (C=O) groups is 1.